The number of rotatable bonds is 2. The standard InChI is InChI=1S/C11H20O2Si/c1-7-6-9(14(3,4)5)8(2)10(7)11(12)13/h7,10H,6H2,1-5H3,(H,12,13). The highest BCUT2D eigenvalue weighted by atomic mass is 28.3. The summed E-state index contributed by atoms with van der Waals surface area (Å²) >= 11 is 0. The van der Waals surface area contributed by atoms with Crippen LogP contribution in [0.4, 0.5) is 0 Å². The van der Waals surface area contributed by atoms with Crippen LogP contribution in [-0.2, 0) is 4.79 Å². The van der Waals surface area contributed by atoms with Gasteiger partial charge in [0.2, 0.25) is 0 Å². The highest BCUT2D eigenvalue weighted by Crippen LogP contribution is 2.40. The van der Waals surface area contributed by atoms with Crippen LogP contribution in [0.25, 0.3) is 0 Å². The number of carbonyl (C=O) groups is 1. The van der Waals surface area contributed by atoms with Crippen molar-refractivity contribution >= 4 is 14.0 Å². The minimum Gasteiger partial charge on any atom is -0.481 e. The molecule has 2 atom stereocenters. The molecule has 2 unspecified atom stereocenters. The Hall–Kier alpha value is -0.573. The highest BCUT2D eigenvalue weighted by molar-refractivity contribution is 6.83. The summed E-state index contributed by atoms with van der Waals surface area (Å²) in [6, 6.07) is 0. The van der Waals surface area contributed by atoms with Crippen molar-refractivity contribution < 1.29 is 9.90 Å². The van der Waals surface area contributed by atoms with Crippen LogP contribution in [0, 0.1) is 11.8 Å². The zero-order chi connectivity index (χ0) is 11.1. The van der Waals surface area contributed by atoms with Crippen molar-refractivity contribution in [3.63, 3.8) is 0 Å². The van der Waals surface area contributed by atoms with Crippen molar-refractivity contribution in [3.05, 3.63) is 10.8 Å². The van der Waals surface area contributed by atoms with Gasteiger partial charge in [-0.05, 0) is 19.3 Å². The Kier molecular flexibility index (Phi) is 2.90. The van der Waals surface area contributed by atoms with Gasteiger partial charge in [-0.2, -0.15) is 0 Å². The van der Waals surface area contributed by atoms with Crippen molar-refractivity contribution in [2.75, 3.05) is 0 Å². The third-order valence-electron chi connectivity index (χ3n) is 3.21. The minimum atomic E-state index is -1.30. The van der Waals surface area contributed by atoms with E-state index >= 15 is 0 Å². The number of aliphatic carboxylic acids is 1. The van der Waals surface area contributed by atoms with Gasteiger partial charge in [0, 0.05) is 0 Å². The molecule has 1 aliphatic carbocycles. The Morgan fingerprint density at radius 1 is 1.43 bits per heavy atom. The largest absolute Gasteiger partial charge is 0.481 e. The molecule has 14 heavy (non-hydrogen) atoms. The van der Waals surface area contributed by atoms with Crippen LogP contribution in [0.1, 0.15) is 20.3 Å². The minimum absolute atomic E-state index is 0.225. The van der Waals surface area contributed by atoms with E-state index in [0.29, 0.717) is 0 Å². The lowest BCUT2D eigenvalue weighted by molar-refractivity contribution is -0.141. The van der Waals surface area contributed by atoms with Crippen LogP contribution in [0.2, 0.25) is 19.6 Å². The fourth-order valence-corrected chi connectivity index (χ4v) is 4.81. The van der Waals surface area contributed by atoms with Gasteiger partial charge in [-0.3, -0.25) is 4.79 Å². The van der Waals surface area contributed by atoms with E-state index in [4.69, 9.17) is 5.11 Å². The van der Waals surface area contributed by atoms with E-state index in [1.54, 1.807) is 0 Å². The molecule has 0 heterocycles. The van der Waals surface area contributed by atoms with Gasteiger partial charge in [0.1, 0.15) is 0 Å². The van der Waals surface area contributed by atoms with Gasteiger partial charge in [0.15, 0.2) is 0 Å². The predicted molar refractivity (Wildman–Crippen MR) is 61.0 cm³/mol. The second-order valence-corrected chi connectivity index (χ2v) is 10.5. The first-order valence-corrected chi connectivity index (χ1v) is 8.68. The molecule has 0 saturated heterocycles. The molecule has 0 aromatic heterocycles. The third kappa shape index (κ3) is 1.92. The van der Waals surface area contributed by atoms with Crippen LogP contribution in [0.5, 0.6) is 0 Å². The van der Waals surface area contributed by atoms with Crippen molar-refractivity contribution in [2.24, 2.45) is 11.8 Å². The van der Waals surface area contributed by atoms with E-state index < -0.39 is 14.0 Å². The lowest BCUT2D eigenvalue weighted by Crippen LogP contribution is -2.24. The SMILES string of the molecule is CC1=C([Si](C)(C)C)CC(C)C1C(=O)O. The first kappa shape index (κ1) is 11.5. The summed E-state index contributed by atoms with van der Waals surface area (Å²) in [5, 5.41) is 10.6. The summed E-state index contributed by atoms with van der Waals surface area (Å²) in [6.45, 7) is 10.9. The Bertz CT molecular complexity index is 286. The molecule has 0 bridgehead atoms. The molecule has 0 aromatic carbocycles. The van der Waals surface area contributed by atoms with Gasteiger partial charge in [0.25, 0.3) is 0 Å². The van der Waals surface area contributed by atoms with E-state index in [2.05, 4.69) is 26.6 Å². The summed E-state index contributed by atoms with van der Waals surface area (Å²) in [5.74, 6) is -0.589. The van der Waals surface area contributed by atoms with Gasteiger partial charge in [-0.25, -0.2) is 0 Å². The zero-order valence-electron chi connectivity index (χ0n) is 9.72. The number of hydrogen-bond donors (Lipinski definition) is 1. The molecule has 0 spiro atoms. The van der Waals surface area contributed by atoms with Crippen molar-refractivity contribution in [3.8, 4) is 0 Å². The second-order valence-electron chi connectivity index (χ2n) is 5.41. The smallest absolute Gasteiger partial charge is 0.310 e. The van der Waals surface area contributed by atoms with E-state index in [0.717, 1.165) is 12.0 Å². The maximum atomic E-state index is 11.1. The summed E-state index contributed by atoms with van der Waals surface area (Å²) in [5.41, 5.74) is 1.14. The number of allylic oxidation sites excluding steroid dienone is 1. The van der Waals surface area contributed by atoms with Crippen molar-refractivity contribution in [1.29, 1.82) is 0 Å². The Labute approximate surface area is 87.0 Å². The fraction of sp³-hybridized carbons (Fsp3) is 0.727. The number of carboxylic acids is 1. The second kappa shape index (κ2) is 3.53. The van der Waals surface area contributed by atoms with Crippen LogP contribution in [0.3, 0.4) is 0 Å². The molecular formula is C11H20O2Si. The maximum Gasteiger partial charge on any atom is 0.310 e. The van der Waals surface area contributed by atoms with E-state index in [1.807, 2.05) is 6.92 Å². The lowest BCUT2D eigenvalue weighted by Gasteiger charge is -2.19. The van der Waals surface area contributed by atoms with Crippen molar-refractivity contribution in [2.45, 2.75) is 39.9 Å². The average molecular weight is 212 g/mol. The topological polar surface area (TPSA) is 37.3 Å². The molecule has 1 rings (SSSR count). The van der Waals surface area contributed by atoms with Crippen molar-refractivity contribution in [1.82, 2.24) is 0 Å². The van der Waals surface area contributed by atoms with Crippen LogP contribution in [0.15, 0.2) is 10.8 Å². The molecule has 0 aromatic rings. The molecule has 0 saturated carbocycles. The lowest BCUT2D eigenvalue weighted by atomic mass is 9.94. The zero-order valence-corrected chi connectivity index (χ0v) is 10.7. The molecule has 0 fully saturated rings. The van der Waals surface area contributed by atoms with Gasteiger partial charge in [0.05, 0.1) is 14.0 Å². The molecule has 80 valence electrons. The summed E-state index contributed by atoms with van der Waals surface area (Å²) in [4.78, 5) is 11.1. The van der Waals surface area contributed by atoms with Crippen LogP contribution < -0.4 is 0 Å². The Balaban J connectivity index is 3.05. The normalized spacial score (nSPS) is 28.4. The molecule has 1 aliphatic rings. The van der Waals surface area contributed by atoms with Gasteiger partial charge in [-0.1, -0.05) is 37.3 Å². The van der Waals surface area contributed by atoms with E-state index in [-0.39, 0.29) is 11.8 Å². The van der Waals surface area contributed by atoms with Crippen LogP contribution in [-0.4, -0.2) is 19.1 Å². The molecule has 3 heteroatoms. The molecule has 0 radical (unpaired) electrons. The molecule has 0 aliphatic heterocycles. The summed E-state index contributed by atoms with van der Waals surface area (Å²) in [7, 11) is -1.30. The summed E-state index contributed by atoms with van der Waals surface area (Å²) in [6.07, 6.45) is 0.999. The monoisotopic (exact) mass is 212 g/mol. The number of hydrogen-bond acceptors (Lipinski definition) is 1. The molecule has 2 nitrogen and oxygen atoms in total. The quantitative estimate of drug-likeness (QED) is 0.715. The molecular weight excluding hydrogens is 192 g/mol. The Morgan fingerprint density at radius 2 is 1.93 bits per heavy atom. The fourth-order valence-electron chi connectivity index (χ4n) is 2.54. The average Bonchev–Trinajstić information content (AvgIpc) is 2.24. The van der Waals surface area contributed by atoms with Gasteiger partial charge in [-0.15, -0.1) is 0 Å². The first-order chi connectivity index (χ1) is 6.25. The predicted octanol–water partition coefficient (Wildman–Crippen LogP) is 2.92. The van der Waals surface area contributed by atoms with Gasteiger partial charge < -0.3 is 5.11 Å². The highest BCUT2D eigenvalue weighted by Gasteiger charge is 2.38. The molecule has 1 N–H and O–H groups in total. The Morgan fingerprint density at radius 3 is 2.14 bits per heavy atom. The van der Waals surface area contributed by atoms with E-state index in [9.17, 15) is 4.79 Å². The maximum absolute atomic E-state index is 11.1. The van der Waals surface area contributed by atoms with E-state index in [1.165, 1.54) is 5.20 Å². The first-order valence-electron chi connectivity index (χ1n) is 5.18. The van der Waals surface area contributed by atoms with Gasteiger partial charge >= 0.3 is 5.97 Å². The third-order valence-corrected chi connectivity index (χ3v) is 5.62. The molecule has 0 amide bonds. The number of carboxylic acid groups (broad SMARTS) is 1. The summed E-state index contributed by atoms with van der Waals surface area (Å²) < 4.78 is 0. The van der Waals surface area contributed by atoms with Crippen LogP contribution >= 0.6 is 0 Å².